The summed E-state index contributed by atoms with van der Waals surface area (Å²) in [6.07, 6.45) is 16.2. The molecule has 9 heterocycles. The summed E-state index contributed by atoms with van der Waals surface area (Å²) in [6, 6.07) is 7.61. The zero-order chi connectivity index (χ0) is 71.9. The number of morpholine rings is 4. The van der Waals surface area contributed by atoms with E-state index in [-0.39, 0.29) is 142 Å². The van der Waals surface area contributed by atoms with E-state index in [1.165, 1.54) is 43.6 Å². The van der Waals surface area contributed by atoms with E-state index >= 15 is 0 Å². The number of carbonyl (C=O) groups excluding carboxylic acids is 4. The number of aldehydes is 1. The molecule has 0 amide bonds. The molecule has 0 atom stereocenters. The number of pyridine rings is 2. The Morgan fingerprint density at radius 3 is 1.41 bits per heavy atom. The number of halogens is 2. The number of aromatic nitrogens is 8. The van der Waals surface area contributed by atoms with Crippen LogP contribution in [0.1, 0.15) is 133 Å². The van der Waals surface area contributed by atoms with E-state index in [4.69, 9.17) is 64.3 Å². The summed E-state index contributed by atoms with van der Waals surface area (Å²) < 4.78 is 48.9. The Balaban J connectivity index is -0.000000559. The van der Waals surface area contributed by atoms with Gasteiger partial charge in [-0.25, -0.2) is 9.97 Å². The summed E-state index contributed by atoms with van der Waals surface area (Å²) in [4.78, 5) is 71.8. The van der Waals surface area contributed by atoms with Crippen molar-refractivity contribution in [3.8, 4) is 22.8 Å². The number of aromatic amines is 1. The number of rotatable bonds is 29. The van der Waals surface area contributed by atoms with Gasteiger partial charge >= 0.3 is 103 Å². The minimum absolute atomic E-state index is 0. The van der Waals surface area contributed by atoms with E-state index in [1.807, 2.05) is 58.9 Å². The normalized spacial score (nSPS) is 15.2. The standard InChI is InChI=1S/C17H23N5O2.C14H19N5O.C10H21NO3.C6H13BrO2.C6H11NO2.C6H15N.C5H10O.C3H5ClO.CH2O3.CH4.2K.H/c1-2-16(23)22-15(6-4-8-21-9-11-24-12-10-21)19-17(20-22)14-5-3-7-18-13-14;1-3-12(11-15-5-1)14-16-13(17-18-14)4-2-6-19-7-9-20-10-8-19;1-3-13-10(14-4-2)9-11-5-7-12-8-6-11;1-3-8-6(5-7)9-4-2;8-4-1-7-2-5-9-6-3-7;1-4-7(5-2)6-3;1-2-4-6-5-3-1;1-2-3(4)5;2-1-4-3;;;;/h3,5,7,13H,2,4,6,8-12H2,1H3;1,3,5,11H,2,4,6-10H2,(H,16,17,18);10H,3-9H2,1-2H3;6H,3-5H2,1-2H3;4H,1-3,5-6H2;4-6H2,1-3H3;1-5H2;2H2,1H3;1,3H;1H4;;;/q;;;;;;;;;;2*+1;-1/p-1. The summed E-state index contributed by atoms with van der Waals surface area (Å²) in [5.74, 6) is 2.93. The second kappa shape index (κ2) is 74.0. The second-order valence-corrected chi connectivity index (χ2v) is 22.8. The van der Waals surface area contributed by atoms with Crippen molar-refractivity contribution >= 4 is 51.4 Å². The van der Waals surface area contributed by atoms with E-state index in [0.717, 1.165) is 204 Å². The van der Waals surface area contributed by atoms with Gasteiger partial charge in [0.1, 0.15) is 17.9 Å². The number of nitrogens with one attached hydrogen (secondary N) is 1. The maximum atomic E-state index is 12.2. The molecule has 9 rings (SSSR count). The Morgan fingerprint density at radius 1 is 0.624 bits per heavy atom. The van der Waals surface area contributed by atoms with Crippen LogP contribution in [0.2, 0.25) is 0 Å². The molecule has 0 aromatic carbocycles. The SMILES string of the molecule is C.C1CCOCC1.CCC(=O)Cl.CCC(=O)n1nc(-c2cccnc2)nc1CCCN1CCOCC1.CCN(CC)CC.CCOC(CBr)OCC.CCOC(CN1CCOCC1)OCC.O=CCN1CCOCC1.O=CO[O-].[H-].[K+].[K+].c1cncc(-c2n[nH]c(CCCN3CCOCC3)n2)c1. The predicted octanol–water partition coefficient (Wildman–Crippen LogP) is 1.69. The first-order valence-corrected chi connectivity index (χ1v) is 36.5. The van der Waals surface area contributed by atoms with Crippen LogP contribution in [0.3, 0.4) is 0 Å². The van der Waals surface area contributed by atoms with Crippen LogP contribution in [0.4, 0.5) is 0 Å². The number of ether oxygens (including phenoxy) is 9. The molecule has 1 N–H and O–H groups in total. The molecule has 101 heavy (non-hydrogen) atoms. The van der Waals surface area contributed by atoms with Crippen molar-refractivity contribution in [2.75, 3.05) is 196 Å². The van der Waals surface area contributed by atoms with Gasteiger partial charge in [-0.1, -0.05) is 58.0 Å². The van der Waals surface area contributed by atoms with Crippen LogP contribution in [-0.2, 0) is 74.7 Å². The van der Waals surface area contributed by atoms with Crippen LogP contribution in [0.15, 0.2) is 49.1 Å². The van der Waals surface area contributed by atoms with Gasteiger partial charge in [-0.05, 0) is 128 Å². The number of hydrogen-bond acceptors (Lipinski definition) is 26. The molecule has 0 radical (unpaired) electrons. The monoisotopic (exact) mass is 1570 g/mol. The molecular weight excluding hydrogens is 1440 g/mol. The first kappa shape index (κ1) is 104. The number of carbonyl (C=O) groups is 4. The van der Waals surface area contributed by atoms with Gasteiger partial charge in [0.2, 0.25) is 11.1 Å². The van der Waals surface area contributed by atoms with E-state index < -0.39 is 0 Å². The van der Waals surface area contributed by atoms with Crippen molar-refractivity contribution in [2.45, 2.75) is 140 Å². The molecule has 5 fully saturated rings. The van der Waals surface area contributed by atoms with Crippen LogP contribution < -0.4 is 108 Å². The fourth-order valence-electron chi connectivity index (χ4n) is 9.36. The summed E-state index contributed by atoms with van der Waals surface area (Å²) in [6.45, 7) is 44.0. The first-order valence-electron chi connectivity index (χ1n) is 35.0. The third-order valence-electron chi connectivity index (χ3n) is 14.8. The Hall–Kier alpha value is -1.50. The zero-order valence-electron chi connectivity index (χ0n) is 63.3. The van der Waals surface area contributed by atoms with Gasteiger partial charge in [-0.3, -0.25) is 49.0 Å². The third-order valence-corrected chi connectivity index (χ3v) is 15.6. The fourth-order valence-corrected chi connectivity index (χ4v) is 9.73. The minimum atomic E-state index is -0.273. The molecule has 5 aliphatic heterocycles. The average Bonchev–Trinajstić information content (AvgIpc) is 1.68. The van der Waals surface area contributed by atoms with Crippen LogP contribution in [0.25, 0.3) is 22.8 Å². The van der Waals surface area contributed by atoms with Gasteiger partial charge in [0.25, 0.3) is 6.47 Å². The molecule has 0 bridgehead atoms. The zero-order valence-corrected chi connectivity index (χ0v) is 70.8. The maximum Gasteiger partial charge on any atom is 1.00 e. The summed E-state index contributed by atoms with van der Waals surface area (Å²) in [5.41, 5.74) is 1.78. The van der Waals surface area contributed by atoms with Gasteiger partial charge in [0, 0.05) is 160 Å². The molecule has 32 heteroatoms. The van der Waals surface area contributed by atoms with E-state index in [1.54, 1.807) is 31.7 Å². The number of aryl methyl sites for hydroxylation is 2. The quantitative estimate of drug-likeness (QED) is 0.0154. The molecule has 0 saturated carbocycles. The summed E-state index contributed by atoms with van der Waals surface area (Å²) in [7, 11) is 0. The number of nitrogens with zero attached hydrogens (tertiary/aromatic N) is 12. The van der Waals surface area contributed by atoms with Gasteiger partial charge in [0.15, 0.2) is 24.2 Å². The van der Waals surface area contributed by atoms with Crippen molar-refractivity contribution < 1.29 is 176 Å². The molecule has 570 valence electrons. The van der Waals surface area contributed by atoms with E-state index in [2.05, 4.69) is 101 Å². The molecule has 0 aliphatic carbocycles. The van der Waals surface area contributed by atoms with Crippen LogP contribution in [-0.4, -0.2) is 297 Å². The van der Waals surface area contributed by atoms with Crippen molar-refractivity contribution in [2.24, 2.45) is 0 Å². The minimum Gasteiger partial charge on any atom is -1.00 e. The van der Waals surface area contributed by atoms with Crippen LogP contribution in [0, 0.1) is 0 Å². The maximum absolute atomic E-state index is 12.2. The Kier molecular flexibility index (Phi) is 75.9. The number of H-pyrrole nitrogens is 1. The fraction of sp³-hybridized carbons (Fsp3) is 0.739. The topological polar surface area (TPSA) is 298 Å². The summed E-state index contributed by atoms with van der Waals surface area (Å²) >= 11 is 8.09. The average molecular weight is 1570 g/mol. The summed E-state index contributed by atoms with van der Waals surface area (Å²) in [5, 5.41) is 20.6. The van der Waals surface area contributed by atoms with Crippen LogP contribution in [0.5, 0.6) is 0 Å². The van der Waals surface area contributed by atoms with E-state index in [9.17, 15) is 14.4 Å². The molecule has 0 spiro atoms. The molecule has 5 saturated heterocycles. The van der Waals surface area contributed by atoms with Gasteiger partial charge in [-0.2, -0.15) is 9.78 Å². The molecule has 4 aromatic rings. The van der Waals surface area contributed by atoms with Gasteiger partial charge < -0.3 is 63.9 Å². The van der Waals surface area contributed by atoms with Crippen molar-refractivity contribution in [1.29, 1.82) is 0 Å². The second-order valence-electron chi connectivity index (χ2n) is 21.7. The Morgan fingerprint density at radius 2 is 1.05 bits per heavy atom. The number of hydrogen-bond donors (Lipinski definition) is 1. The van der Waals surface area contributed by atoms with Crippen molar-refractivity contribution in [3.63, 3.8) is 0 Å². The van der Waals surface area contributed by atoms with Gasteiger partial charge in [0.05, 0.1) is 64.7 Å². The smallest absolute Gasteiger partial charge is 1.00 e. The molecular formula is C69H123BrClK2N13O15. The van der Waals surface area contributed by atoms with Crippen molar-refractivity contribution in [3.05, 3.63) is 60.7 Å². The van der Waals surface area contributed by atoms with E-state index in [0.29, 0.717) is 51.6 Å². The Labute approximate surface area is 703 Å². The molecule has 0 unspecified atom stereocenters. The van der Waals surface area contributed by atoms with Crippen molar-refractivity contribution in [1.82, 2.24) is 64.4 Å². The Bertz CT molecular complexity index is 2450. The van der Waals surface area contributed by atoms with Crippen LogP contribution >= 0.6 is 27.5 Å². The predicted molar refractivity (Wildman–Crippen MR) is 388 cm³/mol. The number of alkyl halides is 1. The molecule has 28 nitrogen and oxygen atoms in total. The first-order chi connectivity index (χ1) is 47.9. The third kappa shape index (κ3) is 54.7. The van der Waals surface area contributed by atoms with Gasteiger partial charge in [-0.15, -0.1) is 5.10 Å². The molecule has 5 aliphatic rings. The molecule has 4 aromatic heterocycles. The largest absolute Gasteiger partial charge is 1.00 e.